The zero-order chi connectivity index (χ0) is 26.5. The Bertz CT molecular complexity index is 2080. The number of benzene rings is 5. The second kappa shape index (κ2) is 9.22. The highest BCUT2D eigenvalue weighted by atomic mass is 32.1. The van der Waals surface area contributed by atoms with Crippen LogP contribution in [0.15, 0.2) is 126 Å². The quantitative estimate of drug-likeness (QED) is 0.226. The van der Waals surface area contributed by atoms with Crippen LogP contribution in [0.2, 0.25) is 0 Å². The molecule has 40 heavy (non-hydrogen) atoms. The van der Waals surface area contributed by atoms with Crippen molar-refractivity contribution in [3.05, 3.63) is 121 Å². The van der Waals surface area contributed by atoms with Gasteiger partial charge < -0.3 is 4.42 Å². The van der Waals surface area contributed by atoms with Crippen molar-refractivity contribution >= 4 is 42.6 Å². The Kier molecular flexibility index (Phi) is 5.24. The average Bonchev–Trinajstić information content (AvgIpc) is 3.63. The zero-order valence-corrected chi connectivity index (χ0v) is 22.0. The number of nitrogens with zero attached hydrogens (tertiary/aromatic N) is 4. The molecule has 8 aromatic rings. The number of fused-ring (bicyclic) bond motifs is 4. The van der Waals surface area contributed by atoms with Crippen LogP contribution >= 0.6 is 11.3 Å². The number of para-hydroxylation sites is 2. The maximum absolute atomic E-state index is 6.17. The minimum Gasteiger partial charge on any atom is -0.436 e. The largest absolute Gasteiger partial charge is 0.436 e. The molecule has 0 bridgehead atoms. The second-order valence-electron chi connectivity index (χ2n) is 9.49. The summed E-state index contributed by atoms with van der Waals surface area (Å²) in [5.41, 5.74) is 5.47. The number of hydrogen-bond donors (Lipinski definition) is 0. The van der Waals surface area contributed by atoms with E-state index in [1.807, 2.05) is 84.9 Å². The van der Waals surface area contributed by atoms with E-state index in [1.165, 1.54) is 0 Å². The van der Waals surface area contributed by atoms with Crippen LogP contribution in [-0.2, 0) is 0 Å². The van der Waals surface area contributed by atoms with Crippen LogP contribution in [0.5, 0.6) is 0 Å². The molecule has 0 saturated heterocycles. The van der Waals surface area contributed by atoms with E-state index in [4.69, 9.17) is 24.4 Å². The first kappa shape index (κ1) is 22.8. The standard InChI is InChI=1S/C34H20N4OS/c1-3-11-21(12-4-1)31-36-32(22-13-5-2-6-14-22)38-33(37-31)24-16-10-20-28-29(24)23-15-9-17-25(30(23)40-28)34-35-26-18-7-8-19-27(26)39-34/h1-20H. The predicted molar refractivity (Wildman–Crippen MR) is 162 cm³/mol. The molecule has 3 aromatic heterocycles. The third kappa shape index (κ3) is 3.77. The minimum absolute atomic E-state index is 0.623. The number of thiophene rings is 1. The van der Waals surface area contributed by atoms with Crippen molar-refractivity contribution in [2.45, 2.75) is 0 Å². The van der Waals surface area contributed by atoms with Crippen LogP contribution in [-0.4, -0.2) is 19.9 Å². The highest BCUT2D eigenvalue weighted by Gasteiger charge is 2.19. The van der Waals surface area contributed by atoms with Crippen molar-refractivity contribution < 1.29 is 4.42 Å². The van der Waals surface area contributed by atoms with Crippen LogP contribution in [0.25, 0.3) is 76.9 Å². The third-order valence-corrected chi connectivity index (χ3v) is 8.19. The summed E-state index contributed by atoms with van der Waals surface area (Å²) in [5.74, 6) is 2.56. The summed E-state index contributed by atoms with van der Waals surface area (Å²) < 4.78 is 8.44. The van der Waals surface area contributed by atoms with Crippen molar-refractivity contribution in [1.29, 1.82) is 0 Å². The number of hydrogen-bond acceptors (Lipinski definition) is 6. The summed E-state index contributed by atoms with van der Waals surface area (Å²) >= 11 is 1.73. The van der Waals surface area contributed by atoms with Crippen molar-refractivity contribution in [1.82, 2.24) is 19.9 Å². The van der Waals surface area contributed by atoms with Crippen molar-refractivity contribution in [3.63, 3.8) is 0 Å². The average molecular weight is 533 g/mol. The number of aromatic nitrogens is 4. The molecular weight excluding hydrogens is 512 g/mol. The summed E-state index contributed by atoms with van der Waals surface area (Å²) in [6.45, 7) is 0. The first-order valence-corrected chi connectivity index (χ1v) is 13.8. The van der Waals surface area contributed by atoms with Crippen LogP contribution in [0.1, 0.15) is 0 Å². The predicted octanol–water partition coefficient (Wildman–Crippen LogP) is 9.05. The molecule has 0 N–H and O–H groups in total. The summed E-state index contributed by atoms with van der Waals surface area (Å²) in [6, 6.07) is 40.6. The van der Waals surface area contributed by atoms with Gasteiger partial charge in [-0.05, 0) is 24.3 Å². The van der Waals surface area contributed by atoms with Gasteiger partial charge in [0.1, 0.15) is 5.52 Å². The van der Waals surface area contributed by atoms with E-state index >= 15 is 0 Å². The molecule has 0 aliphatic rings. The Morgan fingerprint density at radius 3 is 1.85 bits per heavy atom. The van der Waals surface area contributed by atoms with E-state index in [2.05, 4.69) is 36.4 Å². The summed E-state index contributed by atoms with van der Waals surface area (Å²) in [4.78, 5) is 19.6. The SMILES string of the molecule is c1ccc(-c2nc(-c3ccccc3)nc(-c3cccc4sc5c(-c6nc7ccccc7o6)cccc5c34)n2)cc1. The lowest BCUT2D eigenvalue weighted by atomic mass is 10.0. The molecule has 5 nitrogen and oxygen atoms in total. The van der Waals surface area contributed by atoms with Gasteiger partial charge in [0.05, 0.1) is 5.56 Å². The van der Waals surface area contributed by atoms with Gasteiger partial charge >= 0.3 is 0 Å². The summed E-state index contributed by atoms with van der Waals surface area (Å²) in [6.07, 6.45) is 0. The van der Waals surface area contributed by atoms with Gasteiger partial charge in [0.25, 0.3) is 0 Å². The van der Waals surface area contributed by atoms with Crippen molar-refractivity contribution in [2.24, 2.45) is 0 Å². The molecule has 188 valence electrons. The minimum atomic E-state index is 0.623. The molecule has 0 aliphatic heterocycles. The van der Waals surface area contributed by atoms with E-state index in [0.29, 0.717) is 23.4 Å². The molecular formula is C34H20N4OS. The Hall–Kier alpha value is -5.20. The van der Waals surface area contributed by atoms with Gasteiger partial charge in [-0.1, -0.05) is 97.1 Å². The molecule has 8 rings (SSSR count). The van der Waals surface area contributed by atoms with E-state index in [1.54, 1.807) is 11.3 Å². The van der Waals surface area contributed by atoms with Gasteiger partial charge in [-0.15, -0.1) is 11.3 Å². The first-order chi connectivity index (χ1) is 19.8. The smallest absolute Gasteiger partial charge is 0.228 e. The van der Waals surface area contributed by atoms with E-state index in [0.717, 1.165) is 53.5 Å². The van der Waals surface area contributed by atoms with Crippen LogP contribution in [0.4, 0.5) is 0 Å². The Morgan fingerprint density at radius 2 is 1.12 bits per heavy atom. The lowest BCUT2D eigenvalue weighted by Crippen LogP contribution is -2.00. The molecule has 0 atom stereocenters. The van der Waals surface area contributed by atoms with Crippen molar-refractivity contribution in [2.75, 3.05) is 0 Å². The number of oxazole rings is 1. The van der Waals surface area contributed by atoms with Gasteiger partial charge in [-0.3, -0.25) is 0 Å². The van der Waals surface area contributed by atoms with E-state index in [9.17, 15) is 0 Å². The normalized spacial score (nSPS) is 11.5. The van der Waals surface area contributed by atoms with Gasteiger partial charge in [-0.25, -0.2) is 19.9 Å². The molecule has 0 saturated carbocycles. The Balaban J connectivity index is 1.37. The molecule has 0 amide bonds. The van der Waals surface area contributed by atoms with Crippen LogP contribution in [0.3, 0.4) is 0 Å². The monoisotopic (exact) mass is 532 g/mol. The Labute approximate surface area is 233 Å². The molecule has 0 fully saturated rings. The van der Waals surface area contributed by atoms with Crippen molar-refractivity contribution in [3.8, 4) is 45.6 Å². The third-order valence-electron chi connectivity index (χ3n) is 6.99. The maximum Gasteiger partial charge on any atom is 0.228 e. The van der Waals surface area contributed by atoms with Crippen LogP contribution in [0, 0.1) is 0 Å². The van der Waals surface area contributed by atoms with Gasteiger partial charge in [-0.2, -0.15) is 0 Å². The lowest BCUT2D eigenvalue weighted by Gasteiger charge is -2.09. The highest BCUT2D eigenvalue weighted by Crippen LogP contribution is 2.43. The zero-order valence-electron chi connectivity index (χ0n) is 21.2. The van der Waals surface area contributed by atoms with Gasteiger partial charge in [0, 0.05) is 36.9 Å². The first-order valence-electron chi connectivity index (χ1n) is 13.0. The van der Waals surface area contributed by atoms with Crippen LogP contribution < -0.4 is 0 Å². The molecule has 5 aromatic carbocycles. The molecule has 0 aliphatic carbocycles. The molecule has 0 spiro atoms. The topological polar surface area (TPSA) is 64.7 Å². The highest BCUT2D eigenvalue weighted by molar-refractivity contribution is 7.26. The summed E-state index contributed by atoms with van der Waals surface area (Å²) in [7, 11) is 0. The molecule has 0 radical (unpaired) electrons. The fourth-order valence-corrected chi connectivity index (χ4v) is 6.35. The van der Waals surface area contributed by atoms with Gasteiger partial charge in [0.15, 0.2) is 23.1 Å². The number of rotatable bonds is 4. The molecule has 3 heterocycles. The Morgan fingerprint density at radius 1 is 0.500 bits per heavy atom. The maximum atomic E-state index is 6.17. The van der Waals surface area contributed by atoms with E-state index < -0.39 is 0 Å². The lowest BCUT2D eigenvalue weighted by molar-refractivity contribution is 0.621. The fraction of sp³-hybridized carbons (Fsp3) is 0. The van der Waals surface area contributed by atoms with Gasteiger partial charge in [0.2, 0.25) is 5.89 Å². The fourth-order valence-electron chi connectivity index (χ4n) is 5.12. The molecule has 0 unspecified atom stereocenters. The summed E-state index contributed by atoms with van der Waals surface area (Å²) in [5, 5.41) is 2.24. The second-order valence-corrected chi connectivity index (χ2v) is 10.5. The van der Waals surface area contributed by atoms with E-state index in [-0.39, 0.29) is 0 Å². The molecule has 6 heteroatoms.